The van der Waals surface area contributed by atoms with E-state index in [0.717, 1.165) is 11.4 Å². The molecule has 0 bridgehead atoms. The van der Waals surface area contributed by atoms with Crippen molar-refractivity contribution in [2.24, 2.45) is 0 Å². The SMILES string of the molecule is CCNc1cc(C)ncc1C(=O)NC1CCS(=O)(=O)C1. The van der Waals surface area contributed by atoms with Gasteiger partial charge in [0, 0.05) is 24.5 Å². The van der Waals surface area contributed by atoms with E-state index in [1.54, 1.807) is 0 Å². The van der Waals surface area contributed by atoms with Crippen LogP contribution < -0.4 is 10.6 Å². The average Bonchev–Trinajstić information content (AvgIpc) is 2.69. The van der Waals surface area contributed by atoms with Crippen LogP contribution in [0, 0.1) is 6.92 Å². The molecule has 1 fully saturated rings. The van der Waals surface area contributed by atoms with Crippen molar-refractivity contribution in [1.82, 2.24) is 10.3 Å². The summed E-state index contributed by atoms with van der Waals surface area (Å²) < 4.78 is 22.8. The summed E-state index contributed by atoms with van der Waals surface area (Å²) in [5.74, 6) is -0.116. The van der Waals surface area contributed by atoms with Gasteiger partial charge in [-0.1, -0.05) is 0 Å². The lowest BCUT2D eigenvalue weighted by atomic mass is 10.1. The van der Waals surface area contributed by atoms with Gasteiger partial charge in [-0.05, 0) is 26.3 Å². The number of rotatable bonds is 4. The van der Waals surface area contributed by atoms with Gasteiger partial charge in [-0.15, -0.1) is 0 Å². The fraction of sp³-hybridized carbons (Fsp3) is 0.538. The van der Waals surface area contributed by atoms with E-state index in [-0.39, 0.29) is 23.5 Å². The minimum Gasteiger partial charge on any atom is -0.385 e. The van der Waals surface area contributed by atoms with Gasteiger partial charge in [0.05, 0.1) is 22.8 Å². The van der Waals surface area contributed by atoms with Crippen molar-refractivity contribution < 1.29 is 13.2 Å². The minimum absolute atomic E-state index is 0.0224. The Morgan fingerprint density at radius 1 is 1.50 bits per heavy atom. The first-order valence-electron chi connectivity index (χ1n) is 6.63. The Balaban J connectivity index is 2.13. The Labute approximate surface area is 118 Å². The first kappa shape index (κ1) is 14.8. The molecule has 1 aromatic heterocycles. The van der Waals surface area contributed by atoms with E-state index in [4.69, 9.17) is 0 Å². The molecule has 1 atom stereocenters. The number of aryl methyl sites for hydroxylation is 1. The normalized spacial score (nSPS) is 20.6. The molecule has 1 aromatic rings. The molecule has 1 unspecified atom stereocenters. The zero-order valence-corrected chi connectivity index (χ0v) is 12.5. The van der Waals surface area contributed by atoms with Crippen LogP contribution in [-0.4, -0.2) is 43.4 Å². The van der Waals surface area contributed by atoms with Gasteiger partial charge in [-0.3, -0.25) is 9.78 Å². The zero-order chi connectivity index (χ0) is 14.8. The molecule has 2 N–H and O–H groups in total. The molecule has 7 heteroatoms. The fourth-order valence-corrected chi connectivity index (χ4v) is 3.92. The lowest BCUT2D eigenvalue weighted by Gasteiger charge is -2.14. The lowest BCUT2D eigenvalue weighted by Crippen LogP contribution is -2.36. The molecular formula is C13H19N3O3S. The van der Waals surface area contributed by atoms with Crippen molar-refractivity contribution >= 4 is 21.4 Å². The van der Waals surface area contributed by atoms with Gasteiger partial charge in [-0.2, -0.15) is 0 Å². The number of aromatic nitrogens is 1. The van der Waals surface area contributed by atoms with Crippen molar-refractivity contribution in [3.8, 4) is 0 Å². The monoisotopic (exact) mass is 297 g/mol. The van der Waals surface area contributed by atoms with Crippen molar-refractivity contribution in [3.05, 3.63) is 23.5 Å². The van der Waals surface area contributed by atoms with Crippen LogP contribution >= 0.6 is 0 Å². The third-order valence-corrected chi connectivity index (χ3v) is 4.99. The van der Waals surface area contributed by atoms with Crippen molar-refractivity contribution in [2.75, 3.05) is 23.4 Å². The molecule has 0 aromatic carbocycles. The molecule has 2 rings (SSSR count). The highest BCUT2D eigenvalue weighted by molar-refractivity contribution is 7.91. The summed E-state index contributed by atoms with van der Waals surface area (Å²) >= 11 is 0. The minimum atomic E-state index is -3.00. The smallest absolute Gasteiger partial charge is 0.255 e. The molecule has 110 valence electrons. The Hall–Kier alpha value is -1.63. The van der Waals surface area contributed by atoms with Crippen LogP contribution in [0.15, 0.2) is 12.3 Å². The topological polar surface area (TPSA) is 88.2 Å². The molecule has 0 radical (unpaired) electrons. The Kier molecular flexibility index (Phi) is 4.27. The van der Waals surface area contributed by atoms with Gasteiger partial charge in [0.15, 0.2) is 9.84 Å². The van der Waals surface area contributed by atoms with Crippen molar-refractivity contribution in [1.29, 1.82) is 0 Å². The summed E-state index contributed by atoms with van der Waals surface area (Å²) in [5, 5.41) is 5.89. The van der Waals surface area contributed by atoms with Crippen LogP contribution in [-0.2, 0) is 9.84 Å². The summed E-state index contributed by atoms with van der Waals surface area (Å²) in [4.78, 5) is 16.4. The molecule has 0 aliphatic carbocycles. The lowest BCUT2D eigenvalue weighted by molar-refractivity contribution is 0.0941. The number of anilines is 1. The molecular weight excluding hydrogens is 278 g/mol. The Morgan fingerprint density at radius 2 is 2.25 bits per heavy atom. The second kappa shape index (κ2) is 5.78. The Morgan fingerprint density at radius 3 is 2.85 bits per heavy atom. The maximum atomic E-state index is 12.2. The number of carbonyl (C=O) groups is 1. The second-order valence-electron chi connectivity index (χ2n) is 4.98. The van der Waals surface area contributed by atoms with Gasteiger partial charge < -0.3 is 10.6 Å². The van der Waals surface area contributed by atoms with Crippen LogP contribution in [0.4, 0.5) is 5.69 Å². The maximum absolute atomic E-state index is 12.2. The van der Waals surface area contributed by atoms with E-state index in [0.29, 0.717) is 18.5 Å². The predicted octanol–water partition coefficient (Wildman–Crippen LogP) is 0.739. The van der Waals surface area contributed by atoms with E-state index in [9.17, 15) is 13.2 Å². The van der Waals surface area contributed by atoms with Gasteiger partial charge >= 0.3 is 0 Å². The second-order valence-corrected chi connectivity index (χ2v) is 7.20. The summed E-state index contributed by atoms with van der Waals surface area (Å²) in [6.07, 6.45) is 2.00. The van der Waals surface area contributed by atoms with Crippen molar-refractivity contribution in [3.63, 3.8) is 0 Å². The number of hydrogen-bond donors (Lipinski definition) is 2. The van der Waals surface area contributed by atoms with Crippen molar-refractivity contribution in [2.45, 2.75) is 26.3 Å². The van der Waals surface area contributed by atoms with E-state index in [1.165, 1.54) is 6.20 Å². The van der Waals surface area contributed by atoms with E-state index >= 15 is 0 Å². The number of sulfone groups is 1. The number of pyridine rings is 1. The molecule has 6 nitrogen and oxygen atoms in total. The van der Waals surface area contributed by atoms with Gasteiger partial charge in [0.25, 0.3) is 5.91 Å². The van der Waals surface area contributed by atoms with E-state index < -0.39 is 9.84 Å². The third kappa shape index (κ3) is 3.47. The highest BCUT2D eigenvalue weighted by Crippen LogP contribution is 2.17. The number of nitrogens with one attached hydrogen (secondary N) is 2. The van der Waals surface area contributed by atoms with Crippen LogP contribution in [0.25, 0.3) is 0 Å². The summed E-state index contributed by atoms with van der Waals surface area (Å²) in [6.45, 7) is 4.49. The van der Waals surface area contributed by atoms with Gasteiger partial charge in [0.1, 0.15) is 0 Å². The molecule has 1 amide bonds. The maximum Gasteiger partial charge on any atom is 0.255 e. The highest BCUT2D eigenvalue weighted by Gasteiger charge is 2.29. The van der Waals surface area contributed by atoms with Crippen LogP contribution in [0.1, 0.15) is 29.4 Å². The van der Waals surface area contributed by atoms with Crippen LogP contribution in [0.3, 0.4) is 0 Å². The molecule has 1 aliphatic rings. The zero-order valence-electron chi connectivity index (χ0n) is 11.6. The van der Waals surface area contributed by atoms with Crippen LogP contribution in [0.5, 0.6) is 0 Å². The number of amides is 1. The highest BCUT2D eigenvalue weighted by atomic mass is 32.2. The first-order chi connectivity index (χ1) is 9.41. The largest absolute Gasteiger partial charge is 0.385 e. The summed E-state index contributed by atoms with van der Waals surface area (Å²) in [5.41, 5.74) is 1.99. The average molecular weight is 297 g/mol. The fourth-order valence-electron chi connectivity index (χ4n) is 2.25. The van der Waals surface area contributed by atoms with Gasteiger partial charge in [0.2, 0.25) is 0 Å². The molecule has 2 heterocycles. The van der Waals surface area contributed by atoms with E-state index in [2.05, 4.69) is 15.6 Å². The summed E-state index contributed by atoms with van der Waals surface area (Å²) in [7, 11) is -3.00. The number of hydrogen-bond acceptors (Lipinski definition) is 5. The van der Waals surface area contributed by atoms with E-state index in [1.807, 2.05) is 19.9 Å². The number of carbonyl (C=O) groups excluding carboxylic acids is 1. The van der Waals surface area contributed by atoms with Gasteiger partial charge in [-0.25, -0.2) is 8.42 Å². The molecule has 0 spiro atoms. The summed E-state index contributed by atoms with van der Waals surface area (Å²) in [6, 6.07) is 1.51. The third-order valence-electron chi connectivity index (χ3n) is 3.22. The standard InChI is InChI=1S/C13H19N3O3S/c1-3-14-12-6-9(2)15-7-11(12)13(17)16-10-4-5-20(18,19)8-10/h6-7,10H,3-5,8H2,1-2H3,(H,14,15)(H,16,17). The number of nitrogens with zero attached hydrogens (tertiary/aromatic N) is 1. The Bertz CT molecular complexity index is 613. The molecule has 1 saturated heterocycles. The first-order valence-corrected chi connectivity index (χ1v) is 8.45. The molecule has 0 saturated carbocycles. The van der Waals surface area contributed by atoms with Crippen LogP contribution in [0.2, 0.25) is 0 Å². The quantitative estimate of drug-likeness (QED) is 0.855. The predicted molar refractivity (Wildman–Crippen MR) is 77.7 cm³/mol. The molecule has 20 heavy (non-hydrogen) atoms. The molecule has 1 aliphatic heterocycles.